The number of pyridine rings is 1. The van der Waals surface area contributed by atoms with Gasteiger partial charge in [0.1, 0.15) is 0 Å². The lowest BCUT2D eigenvalue weighted by Crippen LogP contribution is -1.97. The molecular formula is C48H33N3. The predicted molar refractivity (Wildman–Crippen MR) is 214 cm³/mol. The van der Waals surface area contributed by atoms with Crippen LogP contribution in [0.2, 0.25) is 0 Å². The van der Waals surface area contributed by atoms with E-state index in [1.807, 2.05) is 0 Å². The van der Waals surface area contributed by atoms with E-state index in [2.05, 4.69) is 198 Å². The van der Waals surface area contributed by atoms with Gasteiger partial charge in [0.05, 0.1) is 33.5 Å². The van der Waals surface area contributed by atoms with Gasteiger partial charge in [-0.15, -0.1) is 0 Å². The smallest absolute Gasteiger partial charge is 0.0716 e. The Morgan fingerprint density at radius 2 is 0.725 bits per heavy atom. The Labute approximate surface area is 296 Å². The Morgan fingerprint density at radius 3 is 1.14 bits per heavy atom. The average Bonchev–Trinajstić information content (AvgIpc) is 3.71. The van der Waals surface area contributed by atoms with Crippen LogP contribution in [0.25, 0.3) is 88.6 Å². The van der Waals surface area contributed by atoms with Gasteiger partial charge in [-0.2, -0.15) is 0 Å². The molecule has 3 heterocycles. The molecule has 51 heavy (non-hydrogen) atoms. The Balaban J connectivity index is 1.16. The highest BCUT2D eigenvalue weighted by Gasteiger charge is 2.16. The normalized spacial score (nSPS) is 11.6. The Morgan fingerprint density at radius 1 is 0.333 bits per heavy atom. The predicted octanol–water partition coefficient (Wildman–Crippen LogP) is 12.6. The summed E-state index contributed by atoms with van der Waals surface area (Å²) in [7, 11) is 0. The molecule has 0 saturated heterocycles. The van der Waals surface area contributed by atoms with E-state index < -0.39 is 0 Å². The zero-order valence-corrected chi connectivity index (χ0v) is 28.2. The first-order valence-electron chi connectivity index (χ1n) is 17.5. The number of hydrogen-bond acceptors (Lipinski definition) is 1. The van der Waals surface area contributed by atoms with Gasteiger partial charge in [-0.1, -0.05) is 127 Å². The van der Waals surface area contributed by atoms with Crippen LogP contribution in [0.3, 0.4) is 0 Å². The van der Waals surface area contributed by atoms with Crippen molar-refractivity contribution in [2.75, 3.05) is 0 Å². The third-order valence-corrected chi connectivity index (χ3v) is 10.2. The van der Waals surface area contributed by atoms with Gasteiger partial charge in [-0.25, -0.2) is 4.98 Å². The number of para-hydroxylation sites is 4. The molecule has 0 atom stereocenters. The Hall–Kier alpha value is -6.71. The van der Waals surface area contributed by atoms with Crippen molar-refractivity contribution in [1.29, 1.82) is 0 Å². The number of aryl methyl sites for hydroxylation is 1. The van der Waals surface area contributed by atoms with Crippen LogP contribution in [-0.2, 0) is 0 Å². The standard InChI is InChI=1S/C48H33N3/c1-32-24-26-33(27-25-32)36-30-43(34-12-10-14-37(28-34)50-45-20-6-2-16-39(45)40-17-3-7-21-46(40)50)49-44(31-36)35-13-11-15-38(29-35)51-47-22-8-4-18-41(47)42-19-5-9-23-48(42)51/h2-31H,1H3. The topological polar surface area (TPSA) is 22.8 Å². The van der Waals surface area contributed by atoms with Crippen molar-refractivity contribution in [2.45, 2.75) is 6.92 Å². The molecule has 0 aliphatic rings. The van der Waals surface area contributed by atoms with Crippen molar-refractivity contribution in [3.8, 4) is 45.0 Å². The molecule has 3 nitrogen and oxygen atoms in total. The van der Waals surface area contributed by atoms with Gasteiger partial charge in [0.2, 0.25) is 0 Å². The lowest BCUT2D eigenvalue weighted by molar-refractivity contribution is 1.17. The van der Waals surface area contributed by atoms with Crippen molar-refractivity contribution in [3.63, 3.8) is 0 Å². The van der Waals surface area contributed by atoms with Gasteiger partial charge in [0.15, 0.2) is 0 Å². The highest BCUT2D eigenvalue weighted by molar-refractivity contribution is 6.10. The van der Waals surface area contributed by atoms with Crippen LogP contribution in [0.15, 0.2) is 182 Å². The molecule has 10 rings (SSSR count). The summed E-state index contributed by atoms with van der Waals surface area (Å²) in [6.07, 6.45) is 0. The molecule has 7 aromatic carbocycles. The largest absolute Gasteiger partial charge is 0.309 e. The molecule has 3 aromatic heterocycles. The van der Waals surface area contributed by atoms with Crippen LogP contribution >= 0.6 is 0 Å². The minimum absolute atomic E-state index is 0.938. The number of nitrogens with zero attached hydrogens (tertiary/aromatic N) is 3. The van der Waals surface area contributed by atoms with Crippen LogP contribution in [0.1, 0.15) is 5.56 Å². The molecule has 3 heteroatoms. The van der Waals surface area contributed by atoms with E-state index in [0.29, 0.717) is 0 Å². The number of rotatable bonds is 5. The molecule has 0 amide bonds. The van der Waals surface area contributed by atoms with Crippen molar-refractivity contribution in [1.82, 2.24) is 14.1 Å². The highest BCUT2D eigenvalue weighted by Crippen LogP contribution is 2.37. The molecular weight excluding hydrogens is 619 g/mol. The zero-order chi connectivity index (χ0) is 33.9. The van der Waals surface area contributed by atoms with Crippen LogP contribution in [0.5, 0.6) is 0 Å². The summed E-state index contributed by atoms with van der Waals surface area (Å²) in [6.45, 7) is 2.13. The van der Waals surface area contributed by atoms with Crippen LogP contribution < -0.4 is 0 Å². The fourth-order valence-corrected chi connectivity index (χ4v) is 7.75. The maximum Gasteiger partial charge on any atom is 0.0716 e. The molecule has 0 spiro atoms. The minimum Gasteiger partial charge on any atom is -0.309 e. The van der Waals surface area contributed by atoms with Crippen molar-refractivity contribution in [2.24, 2.45) is 0 Å². The monoisotopic (exact) mass is 651 g/mol. The summed E-state index contributed by atoms with van der Waals surface area (Å²) in [4.78, 5) is 5.39. The van der Waals surface area contributed by atoms with E-state index in [1.54, 1.807) is 0 Å². The fraction of sp³-hybridized carbons (Fsp3) is 0.0208. The molecule has 10 aromatic rings. The van der Waals surface area contributed by atoms with Crippen molar-refractivity contribution >= 4 is 43.6 Å². The lowest BCUT2D eigenvalue weighted by atomic mass is 9.99. The van der Waals surface area contributed by atoms with E-state index in [9.17, 15) is 0 Å². The molecule has 0 bridgehead atoms. The van der Waals surface area contributed by atoms with Gasteiger partial charge in [-0.3, -0.25) is 0 Å². The molecule has 0 saturated carbocycles. The molecule has 0 aliphatic carbocycles. The number of aromatic nitrogens is 3. The summed E-state index contributed by atoms with van der Waals surface area (Å²) in [5.41, 5.74) is 14.6. The van der Waals surface area contributed by atoms with E-state index in [0.717, 1.165) is 39.5 Å². The Kier molecular flexibility index (Phi) is 6.71. The minimum atomic E-state index is 0.938. The first-order chi connectivity index (χ1) is 25.2. The Bertz CT molecular complexity index is 2640. The summed E-state index contributed by atoms with van der Waals surface area (Å²) in [6, 6.07) is 65.5. The fourth-order valence-electron chi connectivity index (χ4n) is 7.75. The van der Waals surface area contributed by atoms with Gasteiger partial charge in [0.25, 0.3) is 0 Å². The van der Waals surface area contributed by atoms with Gasteiger partial charge < -0.3 is 9.13 Å². The van der Waals surface area contributed by atoms with Crippen molar-refractivity contribution < 1.29 is 0 Å². The quantitative estimate of drug-likeness (QED) is 0.182. The second-order valence-corrected chi connectivity index (χ2v) is 13.3. The van der Waals surface area contributed by atoms with E-state index in [-0.39, 0.29) is 0 Å². The average molecular weight is 652 g/mol. The SMILES string of the molecule is Cc1ccc(-c2cc(-c3cccc(-n4c5ccccc5c5ccccc54)c3)nc(-c3cccc(-n4c5ccccc5c5ccccc54)c3)c2)cc1. The van der Waals surface area contributed by atoms with E-state index in [4.69, 9.17) is 4.98 Å². The number of benzene rings is 7. The van der Waals surface area contributed by atoms with Crippen LogP contribution in [-0.4, -0.2) is 14.1 Å². The van der Waals surface area contributed by atoms with Gasteiger partial charge >= 0.3 is 0 Å². The zero-order valence-electron chi connectivity index (χ0n) is 28.2. The number of fused-ring (bicyclic) bond motifs is 6. The summed E-state index contributed by atoms with van der Waals surface area (Å²) >= 11 is 0. The summed E-state index contributed by atoms with van der Waals surface area (Å²) in [5.74, 6) is 0. The molecule has 0 aliphatic heterocycles. The molecule has 240 valence electrons. The van der Waals surface area contributed by atoms with E-state index in [1.165, 1.54) is 54.7 Å². The first-order valence-corrected chi connectivity index (χ1v) is 17.5. The van der Waals surface area contributed by atoms with Crippen molar-refractivity contribution in [3.05, 3.63) is 188 Å². The van der Waals surface area contributed by atoms with Gasteiger partial charge in [0, 0.05) is 44.0 Å². The van der Waals surface area contributed by atoms with Gasteiger partial charge in [-0.05, 0) is 78.7 Å². The second-order valence-electron chi connectivity index (χ2n) is 13.3. The third-order valence-electron chi connectivity index (χ3n) is 10.2. The molecule has 0 radical (unpaired) electrons. The maximum atomic E-state index is 5.39. The van der Waals surface area contributed by atoms with Crippen LogP contribution in [0, 0.1) is 6.92 Å². The number of hydrogen-bond donors (Lipinski definition) is 0. The second kappa shape index (κ2) is 11.7. The first kappa shape index (κ1) is 29.2. The lowest BCUT2D eigenvalue weighted by Gasteiger charge is -2.14. The molecule has 0 fully saturated rings. The van der Waals surface area contributed by atoms with E-state index >= 15 is 0 Å². The van der Waals surface area contributed by atoms with Crippen LogP contribution in [0.4, 0.5) is 0 Å². The summed E-state index contributed by atoms with van der Waals surface area (Å²) in [5, 5.41) is 5.01. The summed E-state index contributed by atoms with van der Waals surface area (Å²) < 4.78 is 4.74. The third kappa shape index (κ3) is 4.86. The molecule has 0 N–H and O–H groups in total. The maximum absolute atomic E-state index is 5.39. The highest BCUT2D eigenvalue weighted by atomic mass is 15.0. The molecule has 0 unspecified atom stereocenters.